The quantitative estimate of drug-likeness (QED) is 0.453. The first-order valence-corrected chi connectivity index (χ1v) is 3.66. The van der Waals surface area contributed by atoms with E-state index in [-0.39, 0.29) is 0 Å². The molecule has 0 saturated heterocycles. The minimum absolute atomic E-state index is 0.868. The topological polar surface area (TPSA) is 0 Å². The van der Waals surface area contributed by atoms with Crippen LogP contribution in [0.5, 0.6) is 0 Å². The molecule has 0 nitrogen and oxygen atoms in total. The van der Waals surface area contributed by atoms with E-state index in [4.69, 9.17) is 0 Å². The largest absolute Gasteiger partial charge is 0.177 e. The van der Waals surface area contributed by atoms with Crippen molar-refractivity contribution in [3.05, 3.63) is 0 Å². The van der Waals surface area contributed by atoms with E-state index in [2.05, 4.69) is 37.0 Å². The molecule has 0 fully saturated rings. The molecule has 0 atom stereocenters. The van der Waals surface area contributed by atoms with Gasteiger partial charge in [0.1, 0.15) is 0 Å². The standard InChI is InChI=1S/C3H9B2I/c1-2-3-5(4)6/h2-4H2,1H3. The Morgan fingerprint density at radius 1 is 1.83 bits per heavy atom. The molecule has 0 aromatic rings. The van der Waals surface area contributed by atoms with E-state index >= 15 is 0 Å². The van der Waals surface area contributed by atoms with E-state index < -0.39 is 0 Å². The van der Waals surface area contributed by atoms with Crippen molar-refractivity contribution >= 4 is 34.6 Å². The SMILES string of the molecule is BB(I)CCC. The Labute approximate surface area is 54.4 Å². The van der Waals surface area contributed by atoms with Crippen molar-refractivity contribution in [2.75, 3.05) is 0 Å². The van der Waals surface area contributed by atoms with Crippen LogP contribution in [-0.4, -0.2) is 12.2 Å². The van der Waals surface area contributed by atoms with Crippen molar-refractivity contribution in [3.63, 3.8) is 0 Å². The number of rotatable bonds is 2. The Morgan fingerprint density at radius 2 is 2.33 bits per heavy atom. The van der Waals surface area contributed by atoms with Gasteiger partial charge in [-0.15, -0.1) is 0 Å². The van der Waals surface area contributed by atoms with Gasteiger partial charge in [-0.2, -0.15) is 22.4 Å². The molecule has 0 saturated carbocycles. The fraction of sp³-hybridized carbons (Fsp3) is 1.00. The van der Waals surface area contributed by atoms with Crippen LogP contribution in [0.1, 0.15) is 13.3 Å². The third-order valence-corrected chi connectivity index (χ3v) is 1.31. The lowest BCUT2D eigenvalue weighted by molar-refractivity contribution is 1.08. The molecular formula is C3H9B2I. The van der Waals surface area contributed by atoms with E-state index in [0.29, 0.717) is 0 Å². The summed E-state index contributed by atoms with van der Waals surface area (Å²) >= 11 is 2.44. The summed E-state index contributed by atoms with van der Waals surface area (Å²) in [4.78, 5) is 0. The summed E-state index contributed by atoms with van der Waals surface area (Å²) in [5.41, 5.74) is 0. The molecule has 0 heterocycles. The van der Waals surface area contributed by atoms with Crippen molar-refractivity contribution in [2.45, 2.75) is 19.7 Å². The van der Waals surface area contributed by atoms with Gasteiger partial charge in [0.25, 0.3) is 0 Å². The number of hydrogen-bond acceptors (Lipinski definition) is 0. The van der Waals surface area contributed by atoms with Gasteiger partial charge in [0.2, 0.25) is 0 Å². The Kier molecular flexibility index (Phi) is 4.61. The molecule has 3 heteroatoms. The highest BCUT2D eigenvalue weighted by Gasteiger charge is 1.94. The van der Waals surface area contributed by atoms with E-state index in [1.54, 1.807) is 0 Å². The second-order valence-electron chi connectivity index (χ2n) is 1.57. The Hall–Kier alpha value is 0.860. The second kappa shape index (κ2) is 4.03. The van der Waals surface area contributed by atoms with E-state index in [1.165, 1.54) is 12.7 Å². The first-order chi connectivity index (χ1) is 2.77. The highest BCUT2D eigenvalue weighted by atomic mass is 127. The van der Waals surface area contributed by atoms with Gasteiger partial charge in [-0.05, 0) is 0 Å². The molecule has 0 radical (unpaired) electrons. The molecule has 0 aliphatic rings. The van der Waals surface area contributed by atoms with Crippen LogP contribution in [0.4, 0.5) is 0 Å². The molecule has 0 N–H and O–H groups in total. The fourth-order valence-electron chi connectivity index (χ4n) is 0.398. The maximum atomic E-state index is 2.44. The highest BCUT2D eigenvalue weighted by molar-refractivity contribution is 14.1. The lowest BCUT2D eigenvalue weighted by Gasteiger charge is -1.88. The maximum Gasteiger partial charge on any atom is 0.177 e. The molecule has 0 aliphatic carbocycles. The van der Waals surface area contributed by atoms with Crippen molar-refractivity contribution < 1.29 is 0 Å². The normalized spacial score (nSPS) is 8.33. The molecule has 0 spiro atoms. The highest BCUT2D eigenvalue weighted by Crippen LogP contribution is 1.98. The third kappa shape index (κ3) is 4.86. The van der Waals surface area contributed by atoms with Gasteiger partial charge < -0.3 is 0 Å². The second-order valence-corrected chi connectivity index (χ2v) is 3.70. The third-order valence-electron chi connectivity index (χ3n) is 0.686. The number of halogens is 1. The summed E-state index contributed by atoms with van der Waals surface area (Å²) in [5, 5.41) is 0. The van der Waals surface area contributed by atoms with Crippen LogP contribution in [0.2, 0.25) is 6.32 Å². The minimum atomic E-state index is 0.868. The fourth-order valence-corrected chi connectivity index (χ4v) is 1.02. The molecule has 34 valence electrons. The van der Waals surface area contributed by atoms with E-state index in [0.717, 1.165) is 4.46 Å². The predicted molar refractivity (Wildman–Crippen MR) is 43.4 cm³/mol. The molecule has 0 amide bonds. The Balaban J connectivity index is 2.63. The lowest BCUT2D eigenvalue weighted by atomic mass is 9.53. The zero-order valence-corrected chi connectivity index (χ0v) is 6.53. The molecule has 0 rings (SSSR count). The predicted octanol–water partition coefficient (Wildman–Crippen LogP) is 0.953. The summed E-state index contributed by atoms with van der Waals surface area (Å²) in [6.45, 7) is 2.22. The van der Waals surface area contributed by atoms with Gasteiger partial charge in [0, 0.05) is 0 Å². The molecule has 0 unspecified atom stereocenters. The monoisotopic (exact) mass is 194 g/mol. The van der Waals surface area contributed by atoms with E-state index in [1.807, 2.05) is 0 Å². The first-order valence-electron chi connectivity index (χ1n) is 2.41. The summed E-state index contributed by atoms with van der Waals surface area (Å²) in [7, 11) is 2.24. The van der Waals surface area contributed by atoms with Gasteiger partial charge >= 0.3 is 0 Å². The average molecular weight is 194 g/mol. The van der Waals surface area contributed by atoms with Crippen LogP contribution in [-0.2, 0) is 0 Å². The Morgan fingerprint density at radius 3 is 2.33 bits per heavy atom. The van der Waals surface area contributed by atoms with Crippen molar-refractivity contribution in [3.8, 4) is 0 Å². The van der Waals surface area contributed by atoms with E-state index in [9.17, 15) is 0 Å². The van der Waals surface area contributed by atoms with Gasteiger partial charge in [-0.25, -0.2) is 0 Å². The summed E-state index contributed by atoms with van der Waals surface area (Å²) in [6.07, 6.45) is 2.69. The van der Waals surface area contributed by atoms with Gasteiger partial charge in [0.15, 0.2) is 4.46 Å². The van der Waals surface area contributed by atoms with Crippen LogP contribution >= 0.6 is 22.4 Å². The van der Waals surface area contributed by atoms with Gasteiger partial charge in [-0.1, -0.05) is 19.7 Å². The van der Waals surface area contributed by atoms with Crippen molar-refractivity contribution in [1.29, 1.82) is 0 Å². The summed E-state index contributed by atoms with van der Waals surface area (Å²) in [6, 6.07) is 0. The molecule has 0 aromatic carbocycles. The van der Waals surface area contributed by atoms with Crippen molar-refractivity contribution in [2.24, 2.45) is 0 Å². The molecule has 0 bridgehead atoms. The molecular weight excluding hydrogens is 185 g/mol. The zero-order chi connectivity index (χ0) is 4.99. The first kappa shape index (κ1) is 6.86. The molecule has 0 aliphatic heterocycles. The maximum absolute atomic E-state index is 2.44. The van der Waals surface area contributed by atoms with Crippen LogP contribution in [0.3, 0.4) is 0 Å². The summed E-state index contributed by atoms with van der Waals surface area (Å²) in [5.74, 6) is 0. The van der Waals surface area contributed by atoms with Crippen LogP contribution in [0, 0.1) is 0 Å². The van der Waals surface area contributed by atoms with Crippen molar-refractivity contribution in [1.82, 2.24) is 0 Å². The lowest BCUT2D eigenvalue weighted by Crippen LogP contribution is -1.98. The average Bonchev–Trinajstić information content (AvgIpc) is 1.35. The van der Waals surface area contributed by atoms with Crippen LogP contribution in [0.15, 0.2) is 0 Å². The van der Waals surface area contributed by atoms with Gasteiger partial charge in [0.05, 0.1) is 7.74 Å². The van der Waals surface area contributed by atoms with Crippen LogP contribution in [0.25, 0.3) is 0 Å². The van der Waals surface area contributed by atoms with Crippen LogP contribution < -0.4 is 0 Å². The number of hydrogen-bond donors (Lipinski definition) is 0. The Bertz CT molecular complexity index is 30.0. The van der Waals surface area contributed by atoms with Gasteiger partial charge in [-0.3, -0.25) is 0 Å². The zero-order valence-electron chi connectivity index (χ0n) is 4.37. The smallest absolute Gasteiger partial charge is 0.161 e. The molecule has 0 aromatic heterocycles. The minimum Gasteiger partial charge on any atom is -0.161 e. The molecule has 6 heavy (non-hydrogen) atoms. The summed E-state index contributed by atoms with van der Waals surface area (Å²) < 4.78 is 0.868.